The molecule has 0 spiro atoms. The van der Waals surface area contributed by atoms with Gasteiger partial charge < -0.3 is 5.11 Å². The first-order chi connectivity index (χ1) is 13.1. The summed E-state index contributed by atoms with van der Waals surface area (Å²) < 4.78 is 0. The molecule has 2 aromatic rings. The highest BCUT2D eigenvalue weighted by molar-refractivity contribution is 7.99. The second kappa shape index (κ2) is 10.1. The molecule has 0 aromatic heterocycles. The van der Waals surface area contributed by atoms with Crippen LogP contribution in [0.3, 0.4) is 0 Å². The number of thioether (sulfide) groups is 1. The first-order valence-corrected chi connectivity index (χ1v) is 10.7. The molecular weight excluding hydrogens is 380 g/mol. The fourth-order valence-electron chi connectivity index (χ4n) is 3.33. The third kappa shape index (κ3) is 6.25. The third-order valence-corrected chi connectivity index (χ3v) is 5.98. The van der Waals surface area contributed by atoms with Crippen LogP contribution >= 0.6 is 23.4 Å². The summed E-state index contributed by atoms with van der Waals surface area (Å²) in [6.45, 7) is 6.07. The first-order valence-electron chi connectivity index (χ1n) is 9.20. The van der Waals surface area contributed by atoms with Crippen LogP contribution in [-0.2, 0) is 11.3 Å². The van der Waals surface area contributed by atoms with E-state index in [1.165, 1.54) is 28.5 Å². The fourth-order valence-corrected chi connectivity index (χ4v) is 4.17. The topological polar surface area (TPSA) is 43.8 Å². The molecule has 0 radical (unpaired) electrons. The molecule has 6 heteroatoms. The molecule has 0 aliphatic carbocycles. The Labute approximate surface area is 170 Å². The molecule has 0 unspecified atom stereocenters. The SMILES string of the molecule is O=C(O)CSCCN1CCN(Cc2ccccc2-c2ccc(Cl)cc2)CC1. The van der Waals surface area contributed by atoms with E-state index in [4.69, 9.17) is 16.7 Å². The molecule has 1 aliphatic heterocycles. The minimum atomic E-state index is -0.732. The molecule has 4 nitrogen and oxygen atoms in total. The molecule has 0 bridgehead atoms. The molecule has 2 aromatic carbocycles. The Kier molecular flexibility index (Phi) is 7.59. The summed E-state index contributed by atoms with van der Waals surface area (Å²) >= 11 is 7.52. The second-order valence-electron chi connectivity index (χ2n) is 6.73. The standard InChI is InChI=1S/C21H25ClN2O2S/c22-19-7-5-17(6-8-19)20-4-2-1-3-18(20)15-24-11-9-23(10-12-24)13-14-27-16-21(25)26/h1-8H,9-16H2,(H,25,26). The Morgan fingerprint density at radius 3 is 2.37 bits per heavy atom. The van der Waals surface area contributed by atoms with Gasteiger partial charge in [-0.1, -0.05) is 48.0 Å². The van der Waals surface area contributed by atoms with Crippen LogP contribution in [-0.4, -0.2) is 65.1 Å². The van der Waals surface area contributed by atoms with E-state index in [1.807, 2.05) is 12.1 Å². The van der Waals surface area contributed by atoms with Crippen LogP contribution < -0.4 is 0 Å². The molecule has 27 heavy (non-hydrogen) atoms. The Balaban J connectivity index is 1.52. The summed E-state index contributed by atoms with van der Waals surface area (Å²) in [6.07, 6.45) is 0. The van der Waals surface area contributed by atoms with Crippen LogP contribution in [0.1, 0.15) is 5.56 Å². The third-order valence-electron chi connectivity index (χ3n) is 4.81. The summed E-state index contributed by atoms with van der Waals surface area (Å²) in [6, 6.07) is 16.6. The Morgan fingerprint density at radius 2 is 1.67 bits per heavy atom. The van der Waals surface area contributed by atoms with Crippen molar-refractivity contribution >= 4 is 29.3 Å². The van der Waals surface area contributed by atoms with Gasteiger partial charge in [0.2, 0.25) is 0 Å². The second-order valence-corrected chi connectivity index (χ2v) is 8.27. The highest BCUT2D eigenvalue weighted by atomic mass is 35.5. The van der Waals surface area contributed by atoms with E-state index >= 15 is 0 Å². The molecule has 1 heterocycles. The van der Waals surface area contributed by atoms with Crippen molar-refractivity contribution < 1.29 is 9.90 Å². The zero-order valence-corrected chi connectivity index (χ0v) is 16.9. The lowest BCUT2D eigenvalue weighted by Gasteiger charge is -2.35. The number of hydrogen-bond donors (Lipinski definition) is 1. The van der Waals surface area contributed by atoms with Crippen LogP contribution in [0.15, 0.2) is 48.5 Å². The number of nitrogens with zero attached hydrogens (tertiary/aromatic N) is 2. The van der Waals surface area contributed by atoms with Gasteiger partial charge in [0.25, 0.3) is 0 Å². The number of hydrogen-bond acceptors (Lipinski definition) is 4. The normalized spacial score (nSPS) is 15.7. The molecule has 1 N–H and O–H groups in total. The number of piperazine rings is 1. The summed E-state index contributed by atoms with van der Waals surface area (Å²) in [5.74, 6) is 0.344. The number of rotatable bonds is 8. The van der Waals surface area contributed by atoms with Gasteiger partial charge in [0.15, 0.2) is 0 Å². The van der Waals surface area contributed by atoms with E-state index in [2.05, 4.69) is 46.2 Å². The van der Waals surface area contributed by atoms with Crippen LogP contribution in [0, 0.1) is 0 Å². The lowest BCUT2D eigenvalue weighted by Crippen LogP contribution is -2.46. The monoisotopic (exact) mass is 404 g/mol. The van der Waals surface area contributed by atoms with Gasteiger partial charge in [-0.05, 0) is 28.8 Å². The Morgan fingerprint density at radius 1 is 1.00 bits per heavy atom. The van der Waals surface area contributed by atoms with Crippen molar-refractivity contribution in [3.05, 3.63) is 59.1 Å². The quantitative estimate of drug-likeness (QED) is 0.675. The highest BCUT2D eigenvalue weighted by Gasteiger charge is 2.18. The molecule has 0 amide bonds. The number of carboxylic acids is 1. The number of halogens is 1. The Hall–Kier alpha value is -1.53. The number of carbonyl (C=O) groups is 1. The molecule has 1 fully saturated rings. The molecule has 0 saturated carbocycles. The summed E-state index contributed by atoms with van der Waals surface area (Å²) in [5, 5.41) is 9.45. The van der Waals surface area contributed by atoms with Crippen molar-refractivity contribution in [1.82, 2.24) is 9.80 Å². The van der Waals surface area contributed by atoms with Crippen LogP contribution in [0.2, 0.25) is 5.02 Å². The van der Waals surface area contributed by atoms with E-state index in [0.29, 0.717) is 0 Å². The summed E-state index contributed by atoms with van der Waals surface area (Å²) in [7, 11) is 0. The minimum absolute atomic E-state index is 0.196. The van der Waals surface area contributed by atoms with Gasteiger partial charge in [-0.15, -0.1) is 11.8 Å². The molecule has 0 atom stereocenters. The zero-order valence-electron chi connectivity index (χ0n) is 15.3. The van der Waals surface area contributed by atoms with Crippen molar-refractivity contribution in [2.75, 3.05) is 44.2 Å². The number of benzene rings is 2. The molecule has 144 valence electrons. The number of carboxylic acid groups (broad SMARTS) is 1. The van der Waals surface area contributed by atoms with Crippen molar-refractivity contribution in [2.24, 2.45) is 0 Å². The van der Waals surface area contributed by atoms with Gasteiger partial charge >= 0.3 is 5.97 Å². The predicted molar refractivity (Wildman–Crippen MR) is 114 cm³/mol. The van der Waals surface area contributed by atoms with E-state index < -0.39 is 5.97 Å². The Bertz CT molecular complexity index is 746. The number of aliphatic carboxylic acids is 1. The van der Waals surface area contributed by atoms with Gasteiger partial charge in [0.1, 0.15) is 0 Å². The van der Waals surface area contributed by atoms with Crippen LogP contribution in [0.5, 0.6) is 0 Å². The van der Waals surface area contributed by atoms with Crippen molar-refractivity contribution in [3.8, 4) is 11.1 Å². The molecule has 3 rings (SSSR count). The van der Waals surface area contributed by atoms with E-state index in [1.54, 1.807) is 0 Å². The van der Waals surface area contributed by atoms with Gasteiger partial charge in [0.05, 0.1) is 5.75 Å². The lowest BCUT2D eigenvalue weighted by molar-refractivity contribution is -0.133. The van der Waals surface area contributed by atoms with Crippen molar-refractivity contribution in [2.45, 2.75) is 6.54 Å². The maximum Gasteiger partial charge on any atom is 0.313 e. The van der Waals surface area contributed by atoms with Gasteiger partial charge in [0, 0.05) is 50.0 Å². The fraction of sp³-hybridized carbons (Fsp3) is 0.381. The zero-order chi connectivity index (χ0) is 19.1. The first kappa shape index (κ1) is 20.2. The van der Waals surface area contributed by atoms with E-state index in [-0.39, 0.29) is 5.75 Å². The maximum atomic E-state index is 10.6. The molecule has 1 saturated heterocycles. The van der Waals surface area contributed by atoms with Gasteiger partial charge in [-0.2, -0.15) is 0 Å². The average Bonchev–Trinajstić information content (AvgIpc) is 2.68. The largest absolute Gasteiger partial charge is 0.481 e. The molecular formula is C21H25ClN2O2S. The van der Waals surface area contributed by atoms with Crippen molar-refractivity contribution in [3.63, 3.8) is 0 Å². The highest BCUT2D eigenvalue weighted by Crippen LogP contribution is 2.26. The average molecular weight is 405 g/mol. The minimum Gasteiger partial charge on any atom is -0.481 e. The summed E-state index contributed by atoms with van der Waals surface area (Å²) in [5.41, 5.74) is 3.80. The molecule has 1 aliphatic rings. The van der Waals surface area contributed by atoms with E-state index in [9.17, 15) is 4.79 Å². The van der Waals surface area contributed by atoms with E-state index in [0.717, 1.165) is 50.0 Å². The lowest BCUT2D eigenvalue weighted by atomic mass is 9.99. The predicted octanol–water partition coefficient (Wildman–Crippen LogP) is 3.94. The van der Waals surface area contributed by atoms with Gasteiger partial charge in [-0.3, -0.25) is 14.6 Å². The van der Waals surface area contributed by atoms with Crippen LogP contribution in [0.25, 0.3) is 11.1 Å². The van der Waals surface area contributed by atoms with Gasteiger partial charge in [-0.25, -0.2) is 0 Å². The van der Waals surface area contributed by atoms with Crippen LogP contribution in [0.4, 0.5) is 0 Å². The maximum absolute atomic E-state index is 10.6. The smallest absolute Gasteiger partial charge is 0.313 e. The van der Waals surface area contributed by atoms with Crippen molar-refractivity contribution in [1.29, 1.82) is 0 Å². The summed E-state index contributed by atoms with van der Waals surface area (Å²) in [4.78, 5) is 15.5.